The number of carbonyl (C=O) groups excluding carboxylic acids is 1. The number of esters is 1. The van der Waals surface area contributed by atoms with Crippen LogP contribution in [-0.4, -0.2) is 42.6 Å². The van der Waals surface area contributed by atoms with Crippen molar-refractivity contribution in [2.75, 3.05) is 26.7 Å². The molecule has 3 heterocycles. The minimum absolute atomic E-state index is 0.244. The Bertz CT molecular complexity index is 627. The molecule has 0 spiro atoms. The largest absolute Gasteiger partial charge is 0.463 e. The Morgan fingerprint density at radius 3 is 3.00 bits per heavy atom. The molecule has 1 aliphatic rings. The van der Waals surface area contributed by atoms with E-state index < -0.39 is 5.97 Å². The lowest BCUT2D eigenvalue weighted by molar-refractivity contribution is 0.0559. The Balaban J connectivity index is 1.74. The van der Waals surface area contributed by atoms with Gasteiger partial charge < -0.3 is 14.5 Å². The number of rotatable bonds is 4. The lowest BCUT2D eigenvalue weighted by atomic mass is 10.0. The molecular formula is C16H19N3O3. The van der Waals surface area contributed by atoms with E-state index in [0.717, 1.165) is 25.4 Å². The van der Waals surface area contributed by atoms with Gasteiger partial charge in [-0.3, -0.25) is 9.88 Å². The number of carbonyl (C=O) groups is 1. The molecule has 2 aromatic rings. The Hall–Kier alpha value is -2.18. The molecule has 2 aromatic heterocycles. The first-order valence-corrected chi connectivity index (χ1v) is 7.29. The minimum atomic E-state index is -0.447. The molecule has 0 radical (unpaired) electrons. The molecule has 1 N–H and O–H groups in total. The fraction of sp³-hybridized carbons (Fsp3) is 0.375. The number of methoxy groups -OCH3 is 1. The summed E-state index contributed by atoms with van der Waals surface area (Å²) in [6.07, 6.45) is 3.62. The molecule has 1 aliphatic heterocycles. The van der Waals surface area contributed by atoms with Crippen molar-refractivity contribution in [3.8, 4) is 0 Å². The third kappa shape index (κ3) is 3.18. The molecule has 1 unspecified atom stereocenters. The first-order chi connectivity index (χ1) is 10.8. The van der Waals surface area contributed by atoms with Gasteiger partial charge in [-0.2, -0.15) is 0 Å². The summed E-state index contributed by atoms with van der Waals surface area (Å²) in [5.74, 6) is 0.562. The normalized spacial score (nSPS) is 19.0. The monoisotopic (exact) mass is 301 g/mol. The zero-order valence-corrected chi connectivity index (χ0v) is 12.5. The van der Waals surface area contributed by atoms with Gasteiger partial charge in [-0.1, -0.05) is 0 Å². The topological polar surface area (TPSA) is 67.6 Å². The van der Waals surface area contributed by atoms with Gasteiger partial charge >= 0.3 is 5.97 Å². The molecule has 22 heavy (non-hydrogen) atoms. The van der Waals surface area contributed by atoms with E-state index in [9.17, 15) is 4.79 Å². The molecule has 3 rings (SSSR count). The smallest absolute Gasteiger partial charge is 0.373 e. The number of pyridine rings is 1. The third-order valence-corrected chi connectivity index (χ3v) is 3.85. The van der Waals surface area contributed by atoms with Crippen molar-refractivity contribution in [2.24, 2.45) is 0 Å². The van der Waals surface area contributed by atoms with Crippen LogP contribution < -0.4 is 5.32 Å². The van der Waals surface area contributed by atoms with E-state index >= 15 is 0 Å². The van der Waals surface area contributed by atoms with Crippen molar-refractivity contribution in [1.29, 1.82) is 0 Å². The van der Waals surface area contributed by atoms with Gasteiger partial charge in [0.25, 0.3) is 0 Å². The number of piperazine rings is 1. The highest BCUT2D eigenvalue weighted by Gasteiger charge is 2.25. The van der Waals surface area contributed by atoms with Crippen molar-refractivity contribution in [3.63, 3.8) is 0 Å². The first-order valence-electron chi connectivity index (χ1n) is 7.29. The van der Waals surface area contributed by atoms with E-state index in [1.807, 2.05) is 30.6 Å². The second-order valence-corrected chi connectivity index (χ2v) is 5.23. The summed E-state index contributed by atoms with van der Waals surface area (Å²) in [4.78, 5) is 17.9. The van der Waals surface area contributed by atoms with Crippen LogP contribution in [0.1, 0.15) is 27.9 Å². The second-order valence-electron chi connectivity index (χ2n) is 5.23. The predicted molar refractivity (Wildman–Crippen MR) is 80.3 cm³/mol. The Kier molecular flexibility index (Phi) is 4.50. The molecule has 6 heteroatoms. The van der Waals surface area contributed by atoms with Gasteiger partial charge in [0, 0.05) is 38.1 Å². The SMILES string of the molecule is COC(=O)c1ccc(CN2CCNCC2c2ccncc2)o1. The molecule has 1 saturated heterocycles. The van der Waals surface area contributed by atoms with E-state index in [4.69, 9.17) is 4.42 Å². The van der Waals surface area contributed by atoms with Crippen LogP contribution in [0.25, 0.3) is 0 Å². The fourth-order valence-corrected chi connectivity index (χ4v) is 2.72. The average Bonchev–Trinajstić information content (AvgIpc) is 3.04. The Morgan fingerprint density at radius 1 is 1.41 bits per heavy atom. The summed E-state index contributed by atoms with van der Waals surface area (Å²) in [5, 5.41) is 3.41. The summed E-state index contributed by atoms with van der Waals surface area (Å²) in [6.45, 7) is 3.40. The predicted octanol–water partition coefficient (Wildman–Crippen LogP) is 1.61. The Morgan fingerprint density at radius 2 is 2.23 bits per heavy atom. The van der Waals surface area contributed by atoms with Gasteiger partial charge in [-0.15, -0.1) is 0 Å². The lowest BCUT2D eigenvalue weighted by Gasteiger charge is -2.35. The van der Waals surface area contributed by atoms with Crippen LogP contribution in [0.2, 0.25) is 0 Å². The van der Waals surface area contributed by atoms with Gasteiger partial charge in [0.2, 0.25) is 5.76 Å². The number of hydrogen-bond acceptors (Lipinski definition) is 6. The maximum atomic E-state index is 11.5. The minimum Gasteiger partial charge on any atom is -0.463 e. The van der Waals surface area contributed by atoms with Crippen LogP contribution in [0.4, 0.5) is 0 Å². The van der Waals surface area contributed by atoms with Gasteiger partial charge in [0.05, 0.1) is 13.7 Å². The number of nitrogens with one attached hydrogen (secondary N) is 1. The molecule has 0 bridgehead atoms. The van der Waals surface area contributed by atoms with E-state index in [2.05, 4.69) is 19.9 Å². The van der Waals surface area contributed by atoms with Crippen LogP contribution in [0.15, 0.2) is 41.1 Å². The summed E-state index contributed by atoms with van der Waals surface area (Å²) < 4.78 is 10.2. The van der Waals surface area contributed by atoms with Crippen LogP contribution in [-0.2, 0) is 11.3 Å². The van der Waals surface area contributed by atoms with E-state index in [0.29, 0.717) is 6.54 Å². The molecule has 6 nitrogen and oxygen atoms in total. The summed E-state index contributed by atoms with van der Waals surface area (Å²) in [5.41, 5.74) is 1.22. The highest BCUT2D eigenvalue weighted by molar-refractivity contribution is 5.86. The van der Waals surface area contributed by atoms with E-state index in [-0.39, 0.29) is 11.8 Å². The van der Waals surface area contributed by atoms with Gasteiger partial charge in [-0.25, -0.2) is 4.79 Å². The average molecular weight is 301 g/mol. The molecule has 0 aromatic carbocycles. The van der Waals surface area contributed by atoms with Crippen molar-refractivity contribution in [2.45, 2.75) is 12.6 Å². The third-order valence-electron chi connectivity index (χ3n) is 3.85. The lowest BCUT2D eigenvalue weighted by Crippen LogP contribution is -2.45. The molecule has 116 valence electrons. The zero-order valence-electron chi connectivity index (χ0n) is 12.5. The molecule has 0 saturated carbocycles. The summed E-state index contributed by atoms with van der Waals surface area (Å²) in [7, 11) is 1.35. The van der Waals surface area contributed by atoms with Crippen LogP contribution in [0.5, 0.6) is 0 Å². The second kappa shape index (κ2) is 6.72. The van der Waals surface area contributed by atoms with E-state index in [1.54, 1.807) is 6.07 Å². The highest BCUT2D eigenvalue weighted by atomic mass is 16.5. The van der Waals surface area contributed by atoms with Crippen LogP contribution in [0, 0.1) is 0 Å². The van der Waals surface area contributed by atoms with Crippen molar-refractivity contribution in [1.82, 2.24) is 15.2 Å². The molecule has 1 fully saturated rings. The fourth-order valence-electron chi connectivity index (χ4n) is 2.72. The van der Waals surface area contributed by atoms with Crippen LogP contribution in [0.3, 0.4) is 0 Å². The molecule has 1 atom stereocenters. The number of aromatic nitrogens is 1. The maximum absolute atomic E-state index is 11.5. The number of furan rings is 1. The highest BCUT2D eigenvalue weighted by Crippen LogP contribution is 2.24. The van der Waals surface area contributed by atoms with Crippen molar-refractivity contribution in [3.05, 3.63) is 53.7 Å². The van der Waals surface area contributed by atoms with Crippen molar-refractivity contribution >= 4 is 5.97 Å². The number of hydrogen-bond donors (Lipinski definition) is 1. The summed E-state index contributed by atoms with van der Waals surface area (Å²) in [6, 6.07) is 7.82. The zero-order chi connectivity index (χ0) is 15.4. The summed E-state index contributed by atoms with van der Waals surface area (Å²) >= 11 is 0. The number of nitrogens with zero attached hydrogens (tertiary/aromatic N) is 2. The Labute approximate surface area is 129 Å². The van der Waals surface area contributed by atoms with E-state index in [1.165, 1.54) is 12.7 Å². The molecule has 0 aliphatic carbocycles. The van der Waals surface area contributed by atoms with Gasteiger partial charge in [0.15, 0.2) is 0 Å². The first kappa shape index (κ1) is 14.7. The molecular weight excluding hydrogens is 282 g/mol. The van der Waals surface area contributed by atoms with Gasteiger partial charge in [0.1, 0.15) is 5.76 Å². The standard InChI is InChI=1S/C16H19N3O3/c1-21-16(20)15-3-2-13(22-15)11-19-9-8-18-10-14(19)12-4-6-17-7-5-12/h2-7,14,18H,8-11H2,1H3. The maximum Gasteiger partial charge on any atom is 0.373 e. The van der Waals surface area contributed by atoms with Crippen molar-refractivity contribution < 1.29 is 13.9 Å². The quantitative estimate of drug-likeness (QED) is 0.865. The molecule has 0 amide bonds. The van der Waals surface area contributed by atoms with Crippen LogP contribution >= 0.6 is 0 Å². The number of ether oxygens (including phenoxy) is 1. The van der Waals surface area contributed by atoms with Gasteiger partial charge in [-0.05, 0) is 29.8 Å².